The minimum absolute atomic E-state index is 0.384. The zero-order valence-corrected chi connectivity index (χ0v) is 14.6. The lowest BCUT2D eigenvalue weighted by atomic mass is 10.2. The summed E-state index contributed by atoms with van der Waals surface area (Å²) in [5.74, 6) is 1.16. The van der Waals surface area contributed by atoms with Crippen LogP contribution in [-0.2, 0) is 4.74 Å². The van der Waals surface area contributed by atoms with Crippen molar-refractivity contribution in [2.75, 3.05) is 32.7 Å². The number of methoxy groups -OCH3 is 2. The molecule has 1 N–H and O–H groups in total. The molecular weight excluding hydrogens is 362 g/mol. The van der Waals surface area contributed by atoms with E-state index in [9.17, 15) is 4.79 Å². The molecule has 0 aliphatic rings. The van der Waals surface area contributed by atoms with Gasteiger partial charge >= 0.3 is 5.97 Å². The lowest BCUT2D eigenvalue weighted by Gasteiger charge is -2.12. The summed E-state index contributed by atoms with van der Waals surface area (Å²) < 4.78 is 16.3. The van der Waals surface area contributed by atoms with Crippen LogP contribution >= 0.6 is 15.9 Å². The molecule has 0 bridgehead atoms. The minimum atomic E-state index is -0.384. The van der Waals surface area contributed by atoms with Gasteiger partial charge in [-0.25, -0.2) is 4.79 Å². The van der Waals surface area contributed by atoms with Gasteiger partial charge in [-0.3, -0.25) is 0 Å². The van der Waals surface area contributed by atoms with Crippen molar-refractivity contribution >= 4 is 27.6 Å². The molecule has 122 valence electrons. The predicted molar refractivity (Wildman–Crippen MR) is 92.5 cm³/mol. The van der Waals surface area contributed by atoms with Crippen molar-refractivity contribution in [1.29, 1.82) is 0 Å². The van der Waals surface area contributed by atoms with Crippen LogP contribution in [0, 0.1) is 0 Å². The second kappa shape index (κ2) is 8.43. The van der Waals surface area contributed by atoms with Crippen molar-refractivity contribution in [3.63, 3.8) is 0 Å². The highest BCUT2D eigenvalue weighted by Crippen LogP contribution is 2.22. The quantitative estimate of drug-likeness (QED) is 0.586. The molecule has 2 aromatic rings. The van der Waals surface area contributed by atoms with Crippen LogP contribution in [0.25, 0.3) is 0 Å². The summed E-state index contributed by atoms with van der Waals surface area (Å²) in [5, 5.41) is 3.18. The summed E-state index contributed by atoms with van der Waals surface area (Å²) in [6, 6.07) is 12.8. The second-order valence-corrected chi connectivity index (χ2v) is 5.55. The van der Waals surface area contributed by atoms with Crippen LogP contribution in [0.1, 0.15) is 10.4 Å². The maximum Gasteiger partial charge on any atom is 0.340 e. The van der Waals surface area contributed by atoms with Gasteiger partial charge in [-0.2, -0.15) is 0 Å². The van der Waals surface area contributed by atoms with Crippen molar-refractivity contribution in [1.82, 2.24) is 0 Å². The summed E-state index contributed by atoms with van der Waals surface area (Å²) in [6.45, 7) is 1.01. The normalized spacial score (nSPS) is 10.0. The van der Waals surface area contributed by atoms with E-state index in [2.05, 4.69) is 21.2 Å². The van der Waals surface area contributed by atoms with E-state index in [1.54, 1.807) is 13.2 Å². The number of benzene rings is 2. The molecule has 2 aromatic carbocycles. The van der Waals surface area contributed by atoms with Gasteiger partial charge in [-0.1, -0.05) is 15.9 Å². The third kappa shape index (κ3) is 4.89. The molecule has 0 aliphatic carbocycles. The Kier molecular flexibility index (Phi) is 6.29. The number of esters is 1. The van der Waals surface area contributed by atoms with Gasteiger partial charge in [0.2, 0.25) is 0 Å². The number of carbonyl (C=O) groups is 1. The Morgan fingerprint density at radius 2 is 1.78 bits per heavy atom. The van der Waals surface area contributed by atoms with Gasteiger partial charge in [0.1, 0.15) is 18.1 Å². The molecule has 2 rings (SSSR count). The van der Waals surface area contributed by atoms with E-state index in [-0.39, 0.29) is 5.97 Å². The maximum atomic E-state index is 11.8. The highest BCUT2D eigenvalue weighted by atomic mass is 79.9. The molecule has 0 saturated carbocycles. The van der Waals surface area contributed by atoms with E-state index in [1.165, 1.54) is 7.11 Å². The van der Waals surface area contributed by atoms with Gasteiger partial charge in [0.15, 0.2) is 0 Å². The molecule has 6 heteroatoms. The smallest absolute Gasteiger partial charge is 0.340 e. The Morgan fingerprint density at radius 3 is 2.43 bits per heavy atom. The minimum Gasteiger partial charge on any atom is -0.497 e. The van der Waals surface area contributed by atoms with Crippen molar-refractivity contribution in [3.8, 4) is 11.5 Å². The Morgan fingerprint density at radius 1 is 1.09 bits per heavy atom. The SMILES string of the molecule is COC(=O)c1cc(Br)ccc1NCCOc1ccc(OC)cc1. The van der Waals surface area contributed by atoms with Gasteiger partial charge in [0.25, 0.3) is 0 Å². The van der Waals surface area contributed by atoms with E-state index in [0.717, 1.165) is 16.0 Å². The first-order valence-corrected chi connectivity index (χ1v) is 7.82. The van der Waals surface area contributed by atoms with Crippen LogP contribution in [0.15, 0.2) is 46.9 Å². The molecule has 0 saturated heterocycles. The zero-order valence-electron chi connectivity index (χ0n) is 13.0. The van der Waals surface area contributed by atoms with Crippen LogP contribution in [0.5, 0.6) is 11.5 Å². The van der Waals surface area contributed by atoms with E-state index in [0.29, 0.717) is 24.4 Å². The number of carbonyl (C=O) groups excluding carboxylic acids is 1. The first-order chi connectivity index (χ1) is 11.1. The summed E-state index contributed by atoms with van der Waals surface area (Å²) in [4.78, 5) is 11.8. The number of nitrogens with one attached hydrogen (secondary N) is 1. The van der Waals surface area contributed by atoms with E-state index in [1.807, 2.05) is 36.4 Å². The van der Waals surface area contributed by atoms with Crippen LogP contribution < -0.4 is 14.8 Å². The number of ether oxygens (including phenoxy) is 3. The molecule has 0 atom stereocenters. The first-order valence-electron chi connectivity index (χ1n) is 7.02. The summed E-state index contributed by atoms with van der Waals surface area (Å²) in [6.07, 6.45) is 0. The van der Waals surface area contributed by atoms with Crippen LogP contribution in [0.4, 0.5) is 5.69 Å². The van der Waals surface area contributed by atoms with Crippen molar-refractivity contribution in [2.45, 2.75) is 0 Å². The van der Waals surface area contributed by atoms with Crippen LogP contribution in [-0.4, -0.2) is 33.3 Å². The largest absolute Gasteiger partial charge is 0.497 e. The fourth-order valence-corrected chi connectivity index (χ4v) is 2.34. The second-order valence-electron chi connectivity index (χ2n) is 4.63. The number of hydrogen-bond acceptors (Lipinski definition) is 5. The molecule has 5 nitrogen and oxygen atoms in total. The molecule has 0 unspecified atom stereocenters. The number of halogens is 1. The third-order valence-electron chi connectivity index (χ3n) is 3.13. The van der Waals surface area contributed by atoms with Crippen LogP contribution in [0.3, 0.4) is 0 Å². The summed E-state index contributed by atoms with van der Waals surface area (Å²) >= 11 is 3.35. The first kappa shape index (κ1) is 17.1. The van der Waals surface area contributed by atoms with Crippen LogP contribution in [0.2, 0.25) is 0 Å². The standard InChI is InChI=1S/C17H18BrNO4/c1-21-13-4-6-14(7-5-13)23-10-9-19-16-8-3-12(18)11-15(16)17(20)22-2/h3-8,11,19H,9-10H2,1-2H3. The van der Waals surface area contributed by atoms with Crippen molar-refractivity contribution < 1.29 is 19.0 Å². The van der Waals surface area contributed by atoms with Gasteiger partial charge in [-0.05, 0) is 42.5 Å². The van der Waals surface area contributed by atoms with Gasteiger partial charge < -0.3 is 19.5 Å². The highest BCUT2D eigenvalue weighted by molar-refractivity contribution is 9.10. The van der Waals surface area contributed by atoms with E-state index >= 15 is 0 Å². The number of rotatable bonds is 7. The number of hydrogen-bond donors (Lipinski definition) is 1. The van der Waals surface area contributed by atoms with Gasteiger partial charge in [-0.15, -0.1) is 0 Å². The molecule has 0 spiro atoms. The lowest BCUT2D eigenvalue weighted by molar-refractivity contribution is 0.0601. The monoisotopic (exact) mass is 379 g/mol. The van der Waals surface area contributed by atoms with Crippen molar-refractivity contribution in [2.24, 2.45) is 0 Å². The molecule has 0 heterocycles. The topological polar surface area (TPSA) is 56.8 Å². The highest BCUT2D eigenvalue weighted by Gasteiger charge is 2.12. The Balaban J connectivity index is 1.89. The zero-order chi connectivity index (χ0) is 16.7. The molecule has 0 amide bonds. The average molecular weight is 380 g/mol. The average Bonchev–Trinajstić information content (AvgIpc) is 2.59. The number of anilines is 1. The molecule has 0 aromatic heterocycles. The Hall–Kier alpha value is -2.21. The molecule has 0 aliphatic heterocycles. The molecule has 0 fully saturated rings. The van der Waals surface area contributed by atoms with Gasteiger partial charge in [0, 0.05) is 16.7 Å². The Labute approximate surface area is 143 Å². The third-order valence-corrected chi connectivity index (χ3v) is 3.63. The fourth-order valence-electron chi connectivity index (χ4n) is 1.98. The molecule has 0 radical (unpaired) electrons. The lowest BCUT2D eigenvalue weighted by Crippen LogP contribution is -2.14. The van der Waals surface area contributed by atoms with E-state index in [4.69, 9.17) is 14.2 Å². The summed E-state index contributed by atoms with van der Waals surface area (Å²) in [7, 11) is 2.98. The maximum absolute atomic E-state index is 11.8. The summed E-state index contributed by atoms with van der Waals surface area (Å²) in [5.41, 5.74) is 1.18. The Bertz CT molecular complexity index is 658. The fraction of sp³-hybridized carbons (Fsp3) is 0.235. The van der Waals surface area contributed by atoms with Crippen molar-refractivity contribution in [3.05, 3.63) is 52.5 Å². The predicted octanol–water partition coefficient (Wildman–Crippen LogP) is 3.74. The molecular formula is C17H18BrNO4. The van der Waals surface area contributed by atoms with E-state index < -0.39 is 0 Å². The van der Waals surface area contributed by atoms with Gasteiger partial charge in [0.05, 0.1) is 19.8 Å². The molecule has 23 heavy (non-hydrogen) atoms.